The van der Waals surface area contributed by atoms with E-state index in [0.717, 1.165) is 30.8 Å². The summed E-state index contributed by atoms with van der Waals surface area (Å²) in [5.41, 5.74) is 2.59. The number of nitrogens with zero attached hydrogens (tertiary/aromatic N) is 4. The van der Waals surface area contributed by atoms with Crippen LogP contribution in [-0.4, -0.2) is 65.4 Å². The average molecular weight is 370 g/mol. The molecule has 1 saturated heterocycles. The maximum Gasteiger partial charge on any atom is 0.258 e. The van der Waals surface area contributed by atoms with Gasteiger partial charge in [0.1, 0.15) is 0 Å². The number of morpholine rings is 1. The number of hydrogen-bond acceptors (Lipinski definition) is 4. The van der Waals surface area contributed by atoms with Crippen LogP contribution in [0.4, 0.5) is 0 Å². The van der Waals surface area contributed by atoms with Crippen molar-refractivity contribution in [2.45, 2.75) is 39.0 Å². The van der Waals surface area contributed by atoms with Crippen LogP contribution in [0.15, 0.2) is 36.5 Å². The van der Waals surface area contributed by atoms with Crippen molar-refractivity contribution in [3.8, 4) is 0 Å². The summed E-state index contributed by atoms with van der Waals surface area (Å²) in [5, 5.41) is 4.51. The molecule has 146 valence electrons. The van der Waals surface area contributed by atoms with Crippen molar-refractivity contribution < 1.29 is 9.53 Å². The van der Waals surface area contributed by atoms with E-state index in [1.807, 2.05) is 55.0 Å². The fourth-order valence-electron chi connectivity index (χ4n) is 3.74. The minimum atomic E-state index is -0.108. The molecule has 1 aromatic carbocycles. The van der Waals surface area contributed by atoms with Gasteiger partial charge in [-0.2, -0.15) is 5.10 Å². The Kier molecular flexibility index (Phi) is 6.29. The number of ether oxygens (including phenoxy) is 1. The average Bonchev–Trinajstić information content (AvgIpc) is 3.02. The van der Waals surface area contributed by atoms with Crippen LogP contribution >= 0.6 is 0 Å². The van der Waals surface area contributed by atoms with E-state index in [-0.39, 0.29) is 18.1 Å². The smallest absolute Gasteiger partial charge is 0.258 e. The molecule has 0 unspecified atom stereocenters. The van der Waals surface area contributed by atoms with Crippen LogP contribution in [0.3, 0.4) is 0 Å². The molecule has 2 atom stereocenters. The highest BCUT2D eigenvalue weighted by molar-refractivity contribution is 5.95. The minimum Gasteiger partial charge on any atom is -0.373 e. The van der Waals surface area contributed by atoms with Crippen molar-refractivity contribution in [3.63, 3.8) is 0 Å². The number of likely N-dealkylation sites (N-methyl/N-ethyl adjacent to an activating group) is 1. The number of hydrogen-bond donors (Lipinski definition) is 0. The normalized spacial score (nSPS) is 20.3. The fourth-order valence-corrected chi connectivity index (χ4v) is 3.74. The standard InChI is InChI=1S/C21H30N4O2/c1-5-11-24-14-18(16(2)22-24)21(26)25-12-13-27-19(15-23(3)4)20(25)17-9-7-6-8-10-17/h6-10,14,19-20H,5,11-13,15H2,1-4H3/t19-,20-/m0/s1. The van der Waals surface area contributed by atoms with Gasteiger partial charge in [-0.1, -0.05) is 37.3 Å². The molecule has 3 rings (SSSR count). The second kappa shape index (κ2) is 8.67. The van der Waals surface area contributed by atoms with Crippen molar-refractivity contribution >= 4 is 5.91 Å². The molecule has 0 saturated carbocycles. The van der Waals surface area contributed by atoms with Gasteiger partial charge in [-0.15, -0.1) is 0 Å². The summed E-state index contributed by atoms with van der Waals surface area (Å²) >= 11 is 0. The zero-order valence-corrected chi connectivity index (χ0v) is 16.8. The van der Waals surface area contributed by atoms with Gasteiger partial charge in [-0.05, 0) is 33.0 Å². The number of aryl methyl sites for hydroxylation is 2. The van der Waals surface area contributed by atoms with E-state index in [4.69, 9.17) is 4.74 Å². The molecule has 6 heteroatoms. The van der Waals surface area contributed by atoms with Gasteiger partial charge >= 0.3 is 0 Å². The van der Waals surface area contributed by atoms with Crippen molar-refractivity contribution in [1.82, 2.24) is 19.6 Å². The maximum atomic E-state index is 13.5. The first kappa shape index (κ1) is 19.6. The Morgan fingerprint density at radius 1 is 1.30 bits per heavy atom. The van der Waals surface area contributed by atoms with Gasteiger partial charge in [-0.25, -0.2) is 0 Å². The van der Waals surface area contributed by atoms with Crippen LogP contribution < -0.4 is 0 Å². The molecular formula is C21H30N4O2. The van der Waals surface area contributed by atoms with Gasteiger partial charge in [0.25, 0.3) is 5.91 Å². The van der Waals surface area contributed by atoms with Crippen LogP contribution in [0.5, 0.6) is 0 Å². The van der Waals surface area contributed by atoms with Crippen LogP contribution in [0, 0.1) is 6.92 Å². The van der Waals surface area contributed by atoms with Gasteiger partial charge in [-0.3, -0.25) is 9.48 Å². The highest BCUT2D eigenvalue weighted by Crippen LogP contribution is 2.31. The second-order valence-corrected chi connectivity index (χ2v) is 7.42. The summed E-state index contributed by atoms with van der Waals surface area (Å²) in [4.78, 5) is 17.5. The molecule has 0 bridgehead atoms. The third-order valence-corrected chi connectivity index (χ3v) is 4.93. The van der Waals surface area contributed by atoms with E-state index in [2.05, 4.69) is 29.1 Å². The molecular weight excluding hydrogens is 340 g/mol. The van der Waals surface area contributed by atoms with Crippen molar-refractivity contribution in [2.75, 3.05) is 33.8 Å². The molecule has 1 fully saturated rings. The lowest BCUT2D eigenvalue weighted by Gasteiger charge is -2.42. The second-order valence-electron chi connectivity index (χ2n) is 7.42. The Hall–Kier alpha value is -2.18. The SMILES string of the molecule is CCCn1cc(C(=O)N2CCO[C@@H](CN(C)C)[C@@H]2c2ccccc2)c(C)n1. The van der Waals surface area contributed by atoms with Gasteiger partial charge in [0.15, 0.2) is 0 Å². The maximum absolute atomic E-state index is 13.5. The van der Waals surface area contributed by atoms with Gasteiger partial charge in [0.05, 0.1) is 30.0 Å². The number of aromatic nitrogens is 2. The highest BCUT2D eigenvalue weighted by atomic mass is 16.5. The molecule has 1 aliphatic heterocycles. The lowest BCUT2D eigenvalue weighted by Crippen LogP contribution is -2.51. The zero-order valence-electron chi connectivity index (χ0n) is 16.8. The van der Waals surface area contributed by atoms with Crippen LogP contribution in [0.2, 0.25) is 0 Å². The summed E-state index contributed by atoms with van der Waals surface area (Å²) in [6.07, 6.45) is 2.81. The van der Waals surface area contributed by atoms with Crippen LogP contribution in [0.1, 0.15) is 41.0 Å². The first-order valence-electron chi connectivity index (χ1n) is 9.67. The highest BCUT2D eigenvalue weighted by Gasteiger charge is 2.37. The summed E-state index contributed by atoms with van der Waals surface area (Å²) in [6.45, 7) is 6.74. The monoisotopic (exact) mass is 370 g/mol. The molecule has 1 aromatic heterocycles. The van der Waals surface area contributed by atoms with E-state index in [1.165, 1.54) is 0 Å². The molecule has 6 nitrogen and oxygen atoms in total. The lowest BCUT2D eigenvalue weighted by atomic mass is 9.96. The first-order valence-corrected chi connectivity index (χ1v) is 9.67. The Morgan fingerprint density at radius 3 is 2.70 bits per heavy atom. The van der Waals surface area contributed by atoms with E-state index < -0.39 is 0 Å². The lowest BCUT2D eigenvalue weighted by molar-refractivity contribution is -0.0684. The summed E-state index contributed by atoms with van der Waals surface area (Å²) in [6, 6.07) is 10.1. The molecule has 0 aliphatic carbocycles. The number of amides is 1. The fraction of sp³-hybridized carbons (Fsp3) is 0.524. The number of carbonyl (C=O) groups excluding carboxylic acids is 1. The van der Waals surface area contributed by atoms with Gasteiger partial charge in [0.2, 0.25) is 0 Å². The summed E-state index contributed by atoms with van der Waals surface area (Å²) in [5.74, 6) is 0.0377. The topological polar surface area (TPSA) is 50.6 Å². The molecule has 0 radical (unpaired) electrons. The molecule has 27 heavy (non-hydrogen) atoms. The van der Waals surface area contributed by atoms with Crippen molar-refractivity contribution in [2.24, 2.45) is 0 Å². The summed E-state index contributed by atoms with van der Waals surface area (Å²) < 4.78 is 7.96. The third-order valence-electron chi connectivity index (χ3n) is 4.93. The molecule has 0 spiro atoms. The predicted molar refractivity (Wildman–Crippen MR) is 106 cm³/mol. The van der Waals surface area contributed by atoms with Crippen LogP contribution in [-0.2, 0) is 11.3 Å². The van der Waals surface area contributed by atoms with Gasteiger partial charge < -0.3 is 14.5 Å². The molecule has 1 aliphatic rings. The quantitative estimate of drug-likeness (QED) is 0.785. The minimum absolute atomic E-state index is 0.0377. The predicted octanol–water partition coefficient (Wildman–Crippen LogP) is 2.75. The zero-order chi connectivity index (χ0) is 19.4. The first-order chi connectivity index (χ1) is 13.0. The molecule has 2 heterocycles. The molecule has 1 amide bonds. The number of benzene rings is 1. The molecule has 2 aromatic rings. The van der Waals surface area contributed by atoms with Crippen molar-refractivity contribution in [3.05, 3.63) is 53.3 Å². The Balaban J connectivity index is 1.94. The Labute approximate surface area is 161 Å². The number of rotatable bonds is 6. The number of carbonyl (C=O) groups is 1. The van der Waals surface area contributed by atoms with E-state index in [1.54, 1.807) is 0 Å². The van der Waals surface area contributed by atoms with Crippen molar-refractivity contribution in [1.29, 1.82) is 0 Å². The third kappa shape index (κ3) is 4.39. The largest absolute Gasteiger partial charge is 0.373 e. The van der Waals surface area contributed by atoms with Crippen LogP contribution in [0.25, 0.3) is 0 Å². The molecule has 0 N–H and O–H groups in total. The van der Waals surface area contributed by atoms with E-state index in [9.17, 15) is 4.79 Å². The Morgan fingerprint density at radius 2 is 2.04 bits per heavy atom. The van der Waals surface area contributed by atoms with Gasteiger partial charge in [0, 0.05) is 25.8 Å². The van der Waals surface area contributed by atoms with E-state index in [0.29, 0.717) is 18.7 Å². The summed E-state index contributed by atoms with van der Waals surface area (Å²) in [7, 11) is 4.07. The Bertz CT molecular complexity index is 757. The van der Waals surface area contributed by atoms with E-state index >= 15 is 0 Å².